The number of likely N-dealkylation sites (tertiary alicyclic amines) is 1. The fraction of sp³-hybridized carbons (Fsp3) is 0.500. The fourth-order valence-electron chi connectivity index (χ4n) is 2.51. The lowest BCUT2D eigenvalue weighted by Crippen LogP contribution is -2.24. The monoisotopic (exact) mass is 278 g/mol. The molecular formula is C14H18N2O2S. The van der Waals surface area contributed by atoms with Crippen molar-refractivity contribution in [1.82, 2.24) is 9.88 Å². The third kappa shape index (κ3) is 2.88. The second kappa shape index (κ2) is 5.45. The van der Waals surface area contributed by atoms with Crippen molar-refractivity contribution in [2.75, 3.05) is 13.1 Å². The summed E-state index contributed by atoms with van der Waals surface area (Å²) in [7, 11) is 0. The van der Waals surface area contributed by atoms with Gasteiger partial charge in [0.15, 0.2) is 5.76 Å². The van der Waals surface area contributed by atoms with Gasteiger partial charge in [-0.3, -0.25) is 4.90 Å². The number of oxazole rings is 1. The highest BCUT2D eigenvalue weighted by Crippen LogP contribution is 2.26. The minimum Gasteiger partial charge on any atom is -0.438 e. The molecule has 3 heterocycles. The predicted molar refractivity (Wildman–Crippen MR) is 74.9 cm³/mol. The van der Waals surface area contributed by atoms with Gasteiger partial charge >= 0.3 is 0 Å². The van der Waals surface area contributed by atoms with Gasteiger partial charge in [-0.05, 0) is 37.3 Å². The SMILES string of the molecule is C[C@H](O)[C@H]1CCN(Cc2ncc(-c3cccs3)o2)C1. The lowest BCUT2D eigenvalue weighted by molar-refractivity contribution is 0.126. The number of aliphatic hydroxyl groups excluding tert-OH is 1. The van der Waals surface area contributed by atoms with Crippen LogP contribution in [-0.4, -0.2) is 34.2 Å². The first kappa shape index (κ1) is 12.8. The lowest BCUT2D eigenvalue weighted by Gasteiger charge is -2.15. The van der Waals surface area contributed by atoms with Gasteiger partial charge < -0.3 is 9.52 Å². The summed E-state index contributed by atoms with van der Waals surface area (Å²) in [4.78, 5) is 7.75. The molecule has 1 saturated heterocycles. The number of rotatable bonds is 4. The topological polar surface area (TPSA) is 49.5 Å². The number of aromatic nitrogens is 1. The maximum atomic E-state index is 9.60. The van der Waals surface area contributed by atoms with Crippen molar-refractivity contribution in [3.63, 3.8) is 0 Å². The Morgan fingerprint density at radius 3 is 3.21 bits per heavy atom. The highest BCUT2D eigenvalue weighted by molar-refractivity contribution is 7.13. The minimum absolute atomic E-state index is 0.226. The molecule has 5 heteroatoms. The van der Waals surface area contributed by atoms with Crippen LogP contribution in [0.25, 0.3) is 10.6 Å². The van der Waals surface area contributed by atoms with E-state index in [1.165, 1.54) is 0 Å². The molecule has 1 aliphatic rings. The summed E-state index contributed by atoms with van der Waals surface area (Å²) in [5.74, 6) is 1.98. The van der Waals surface area contributed by atoms with Crippen LogP contribution in [0.4, 0.5) is 0 Å². The Labute approximate surface area is 116 Å². The van der Waals surface area contributed by atoms with Crippen molar-refractivity contribution in [2.45, 2.75) is 26.0 Å². The van der Waals surface area contributed by atoms with Crippen LogP contribution < -0.4 is 0 Å². The molecule has 0 bridgehead atoms. The van der Waals surface area contributed by atoms with Crippen molar-refractivity contribution >= 4 is 11.3 Å². The second-order valence-electron chi connectivity index (χ2n) is 5.12. The van der Waals surface area contributed by atoms with E-state index in [1.54, 1.807) is 17.5 Å². The summed E-state index contributed by atoms with van der Waals surface area (Å²) < 4.78 is 5.78. The lowest BCUT2D eigenvalue weighted by atomic mass is 10.0. The maximum Gasteiger partial charge on any atom is 0.209 e. The number of aliphatic hydroxyl groups is 1. The number of nitrogens with zero attached hydrogens (tertiary/aromatic N) is 2. The van der Waals surface area contributed by atoms with Gasteiger partial charge in [-0.1, -0.05) is 6.07 Å². The van der Waals surface area contributed by atoms with Crippen molar-refractivity contribution in [3.8, 4) is 10.6 Å². The standard InChI is InChI=1S/C14H18N2O2S/c1-10(17)11-4-5-16(8-11)9-14-15-7-12(18-14)13-3-2-6-19-13/h2-3,6-7,10-11,17H,4-5,8-9H2,1H3/t10-,11-/m0/s1. The molecule has 0 spiro atoms. The van der Waals surface area contributed by atoms with Crippen molar-refractivity contribution in [2.24, 2.45) is 5.92 Å². The molecule has 4 nitrogen and oxygen atoms in total. The minimum atomic E-state index is -0.226. The van der Waals surface area contributed by atoms with Gasteiger partial charge in [0.2, 0.25) is 5.89 Å². The zero-order valence-electron chi connectivity index (χ0n) is 11.0. The molecule has 102 valence electrons. The van der Waals surface area contributed by atoms with Crippen LogP contribution >= 0.6 is 11.3 Å². The zero-order valence-corrected chi connectivity index (χ0v) is 11.8. The van der Waals surface area contributed by atoms with E-state index in [4.69, 9.17) is 4.42 Å². The van der Waals surface area contributed by atoms with Crippen LogP contribution in [0.1, 0.15) is 19.2 Å². The molecule has 0 unspecified atom stereocenters. The van der Waals surface area contributed by atoms with E-state index in [0.717, 1.165) is 42.6 Å². The molecule has 2 aromatic rings. The first-order valence-corrected chi connectivity index (χ1v) is 7.49. The van der Waals surface area contributed by atoms with E-state index in [0.29, 0.717) is 5.92 Å². The van der Waals surface area contributed by atoms with Crippen molar-refractivity contribution < 1.29 is 9.52 Å². The third-order valence-electron chi connectivity index (χ3n) is 3.67. The van der Waals surface area contributed by atoms with Crippen molar-refractivity contribution in [3.05, 3.63) is 29.6 Å². The molecule has 0 amide bonds. The Hall–Kier alpha value is -1.17. The molecule has 0 aromatic carbocycles. The molecule has 0 aliphatic carbocycles. The first-order valence-electron chi connectivity index (χ1n) is 6.61. The summed E-state index contributed by atoms with van der Waals surface area (Å²) in [5, 5.41) is 11.6. The van der Waals surface area contributed by atoms with Crippen LogP contribution in [0, 0.1) is 5.92 Å². The Morgan fingerprint density at radius 1 is 1.63 bits per heavy atom. The van der Waals surface area contributed by atoms with Gasteiger partial charge in [0, 0.05) is 6.54 Å². The Balaban J connectivity index is 1.62. The van der Waals surface area contributed by atoms with Gasteiger partial charge in [0.25, 0.3) is 0 Å². The average molecular weight is 278 g/mol. The summed E-state index contributed by atoms with van der Waals surface area (Å²) in [5.41, 5.74) is 0. The fourth-order valence-corrected chi connectivity index (χ4v) is 3.18. The Morgan fingerprint density at radius 2 is 2.53 bits per heavy atom. The molecule has 19 heavy (non-hydrogen) atoms. The summed E-state index contributed by atoms with van der Waals surface area (Å²) in [6.45, 7) is 4.53. The normalized spacial score (nSPS) is 21.9. The molecule has 3 rings (SSSR count). The molecule has 0 saturated carbocycles. The van der Waals surface area contributed by atoms with Crippen LogP contribution in [0.3, 0.4) is 0 Å². The molecule has 0 radical (unpaired) electrons. The zero-order chi connectivity index (χ0) is 13.2. The number of hydrogen-bond acceptors (Lipinski definition) is 5. The van der Waals surface area contributed by atoms with Gasteiger partial charge in [-0.15, -0.1) is 11.3 Å². The quantitative estimate of drug-likeness (QED) is 0.934. The summed E-state index contributed by atoms with van der Waals surface area (Å²) >= 11 is 1.66. The van der Waals surface area contributed by atoms with Crippen LogP contribution in [0.5, 0.6) is 0 Å². The number of hydrogen-bond donors (Lipinski definition) is 1. The molecule has 1 N–H and O–H groups in total. The number of thiophene rings is 1. The Kier molecular flexibility index (Phi) is 3.68. The van der Waals surface area contributed by atoms with Gasteiger partial charge in [-0.2, -0.15) is 0 Å². The third-order valence-corrected chi connectivity index (χ3v) is 4.55. The molecule has 1 aliphatic heterocycles. The molecule has 2 atom stereocenters. The summed E-state index contributed by atoms with van der Waals surface area (Å²) in [6.07, 6.45) is 2.62. The van der Waals surface area contributed by atoms with E-state index < -0.39 is 0 Å². The first-order chi connectivity index (χ1) is 9.22. The molecular weight excluding hydrogens is 260 g/mol. The maximum absolute atomic E-state index is 9.60. The van der Waals surface area contributed by atoms with Crippen molar-refractivity contribution in [1.29, 1.82) is 0 Å². The van der Waals surface area contributed by atoms with E-state index in [1.807, 2.05) is 24.4 Å². The average Bonchev–Trinajstić information content (AvgIpc) is 3.09. The van der Waals surface area contributed by atoms with E-state index in [9.17, 15) is 5.11 Å². The highest BCUT2D eigenvalue weighted by atomic mass is 32.1. The van der Waals surface area contributed by atoms with Crippen LogP contribution in [0.2, 0.25) is 0 Å². The van der Waals surface area contributed by atoms with E-state index in [2.05, 4.69) is 9.88 Å². The molecule has 2 aromatic heterocycles. The molecule has 1 fully saturated rings. The smallest absolute Gasteiger partial charge is 0.209 e. The second-order valence-corrected chi connectivity index (χ2v) is 6.07. The predicted octanol–water partition coefficient (Wildman–Crippen LogP) is 2.61. The van der Waals surface area contributed by atoms with Gasteiger partial charge in [0.1, 0.15) is 0 Å². The van der Waals surface area contributed by atoms with Crippen LogP contribution in [-0.2, 0) is 6.54 Å². The van der Waals surface area contributed by atoms with Crippen LogP contribution in [0.15, 0.2) is 28.1 Å². The largest absolute Gasteiger partial charge is 0.438 e. The van der Waals surface area contributed by atoms with Gasteiger partial charge in [0.05, 0.1) is 23.7 Å². The summed E-state index contributed by atoms with van der Waals surface area (Å²) in [6, 6.07) is 4.05. The Bertz CT molecular complexity index is 521. The highest BCUT2D eigenvalue weighted by Gasteiger charge is 2.26. The van der Waals surface area contributed by atoms with Gasteiger partial charge in [-0.25, -0.2) is 4.98 Å². The van der Waals surface area contributed by atoms with E-state index >= 15 is 0 Å². The van der Waals surface area contributed by atoms with E-state index in [-0.39, 0.29) is 6.10 Å².